The number of nitrogens with zero attached hydrogens (tertiary/aromatic N) is 2. The highest BCUT2D eigenvalue weighted by Gasteiger charge is 2.14. The summed E-state index contributed by atoms with van der Waals surface area (Å²) in [7, 11) is 0. The van der Waals surface area contributed by atoms with Gasteiger partial charge in [-0.15, -0.1) is 0 Å². The van der Waals surface area contributed by atoms with Crippen LogP contribution in [-0.2, 0) is 6.54 Å². The van der Waals surface area contributed by atoms with Gasteiger partial charge in [-0.25, -0.2) is 0 Å². The van der Waals surface area contributed by atoms with Crippen molar-refractivity contribution >= 4 is 0 Å². The zero-order valence-electron chi connectivity index (χ0n) is 8.65. The molecule has 1 saturated carbocycles. The monoisotopic (exact) mass is 193 g/mol. The third kappa shape index (κ3) is 2.15. The molecule has 2 N–H and O–H groups in total. The molecule has 0 aromatic carbocycles. The van der Waals surface area contributed by atoms with E-state index in [1.165, 1.54) is 38.5 Å². The zero-order valence-corrected chi connectivity index (χ0v) is 8.65. The molecule has 14 heavy (non-hydrogen) atoms. The summed E-state index contributed by atoms with van der Waals surface area (Å²) in [4.78, 5) is 0. The van der Waals surface area contributed by atoms with Crippen LogP contribution in [0.2, 0.25) is 0 Å². The summed E-state index contributed by atoms with van der Waals surface area (Å²) < 4.78 is 2.12. The van der Waals surface area contributed by atoms with Gasteiger partial charge in [0, 0.05) is 12.7 Å². The van der Waals surface area contributed by atoms with Crippen molar-refractivity contribution in [1.82, 2.24) is 9.78 Å². The quantitative estimate of drug-likeness (QED) is 0.732. The normalized spacial score (nSPS) is 19.5. The molecule has 0 radical (unpaired) electrons. The standard InChI is InChI=1S/C11H19N3/c12-9-10-7-8-14(13-10)11-5-3-1-2-4-6-11/h7-8,11H,1-6,9,12H2. The molecule has 0 amide bonds. The minimum absolute atomic E-state index is 0.555. The molecule has 1 aromatic rings. The first kappa shape index (κ1) is 9.71. The maximum absolute atomic E-state index is 5.55. The Morgan fingerprint density at radius 1 is 1.29 bits per heavy atom. The van der Waals surface area contributed by atoms with Gasteiger partial charge in [0.1, 0.15) is 0 Å². The Kier molecular flexibility index (Phi) is 3.19. The van der Waals surface area contributed by atoms with Crippen LogP contribution in [0.15, 0.2) is 12.3 Å². The van der Waals surface area contributed by atoms with Gasteiger partial charge >= 0.3 is 0 Å². The van der Waals surface area contributed by atoms with Crippen LogP contribution in [0.3, 0.4) is 0 Å². The van der Waals surface area contributed by atoms with Crippen LogP contribution in [0.25, 0.3) is 0 Å². The first-order valence-corrected chi connectivity index (χ1v) is 5.64. The van der Waals surface area contributed by atoms with Gasteiger partial charge in [-0.1, -0.05) is 25.7 Å². The van der Waals surface area contributed by atoms with Crippen molar-refractivity contribution in [3.63, 3.8) is 0 Å². The van der Waals surface area contributed by atoms with Crippen LogP contribution in [-0.4, -0.2) is 9.78 Å². The number of rotatable bonds is 2. The topological polar surface area (TPSA) is 43.8 Å². The van der Waals surface area contributed by atoms with Gasteiger partial charge in [-0.3, -0.25) is 4.68 Å². The lowest BCUT2D eigenvalue weighted by atomic mass is 10.1. The average molecular weight is 193 g/mol. The van der Waals surface area contributed by atoms with Gasteiger partial charge in [0.05, 0.1) is 11.7 Å². The molecule has 1 aromatic heterocycles. The Morgan fingerprint density at radius 3 is 2.57 bits per heavy atom. The fraction of sp³-hybridized carbons (Fsp3) is 0.727. The lowest BCUT2D eigenvalue weighted by Gasteiger charge is -2.14. The van der Waals surface area contributed by atoms with E-state index in [2.05, 4.69) is 16.0 Å². The van der Waals surface area contributed by atoms with E-state index in [1.54, 1.807) is 0 Å². The second-order valence-corrected chi connectivity index (χ2v) is 4.14. The zero-order chi connectivity index (χ0) is 9.80. The molecule has 0 unspecified atom stereocenters. The maximum atomic E-state index is 5.55. The molecule has 1 aliphatic carbocycles. The summed E-state index contributed by atoms with van der Waals surface area (Å²) in [5, 5.41) is 4.49. The molecular weight excluding hydrogens is 174 g/mol. The minimum atomic E-state index is 0.555. The Bertz CT molecular complexity index is 272. The highest BCUT2D eigenvalue weighted by Crippen LogP contribution is 2.26. The lowest BCUT2D eigenvalue weighted by molar-refractivity contribution is 0.403. The molecule has 1 heterocycles. The van der Waals surface area contributed by atoms with Crippen molar-refractivity contribution in [3.05, 3.63) is 18.0 Å². The predicted molar refractivity (Wildman–Crippen MR) is 56.9 cm³/mol. The molecule has 78 valence electrons. The smallest absolute Gasteiger partial charge is 0.0760 e. The largest absolute Gasteiger partial charge is 0.325 e. The highest BCUT2D eigenvalue weighted by molar-refractivity contribution is 4.98. The van der Waals surface area contributed by atoms with Crippen LogP contribution in [0, 0.1) is 0 Å². The number of hydrogen-bond acceptors (Lipinski definition) is 2. The van der Waals surface area contributed by atoms with Gasteiger partial charge in [0.15, 0.2) is 0 Å². The molecule has 0 atom stereocenters. The number of hydrogen-bond donors (Lipinski definition) is 1. The number of nitrogens with two attached hydrogens (primary N) is 1. The summed E-state index contributed by atoms with van der Waals surface area (Å²) >= 11 is 0. The van der Waals surface area contributed by atoms with Crippen molar-refractivity contribution in [2.75, 3.05) is 0 Å². The van der Waals surface area contributed by atoms with Gasteiger partial charge in [0.2, 0.25) is 0 Å². The molecular formula is C11H19N3. The van der Waals surface area contributed by atoms with E-state index >= 15 is 0 Å². The summed E-state index contributed by atoms with van der Waals surface area (Å²) in [6, 6.07) is 2.66. The van der Waals surface area contributed by atoms with Crippen LogP contribution in [0.1, 0.15) is 50.3 Å². The average Bonchev–Trinajstić information content (AvgIpc) is 2.53. The molecule has 0 aliphatic heterocycles. The molecule has 0 spiro atoms. The molecule has 3 heteroatoms. The Labute approximate surface area is 85.3 Å². The van der Waals surface area contributed by atoms with Crippen LogP contribution >= 0.6 is 0 Å². The molecule has 1 aliphatic rings. The number of aromatic nitrogens is 2. The lowest BCUT2D eigenvalue weighted by Crippen LogP contribution is -2.09. The first-order chi connectivity index (χ1) is 6.90. The van der Waals surface area contributed by atoms with Crippen molar-refractivity contribution in [2.24, 2.45) is 5.73 Å². The fourth-order valence-corrected chi connectivity index (χ4v) is 2.21. The Morgan fingerprint density at radius 2 is 2.00 bits per heavy atom. The van der Waals surface area contributed by atoms with Gasteiger partial charge in [-0.2, -0.15) is 5.10 Å². The summed E-state index contributed by atoms with van der Waals surface area (Å²) in [5.41, 5.74) is 6.56. The van der Waals surface area contributed by atoms with Crippen LogP contribution in [0.4, 0.5) is 0 Å². The van der Waals surface area contributed by atoms with Crippen molar-refractivity contribution in [3.8, 4) is 0 Å². The summed E-state index contributed by atoms with van der Waals surface area (Å²) in [6.07, 6.45) is 10.1. The van der Waals surface area contributed by atoms with E-state index in [-0.39, 0.29) is 0 Å². The maximum Gasteiger partial charge on any atom is 0.0760 e. The second-order valence-electron chi connectivity index (χ2n) is 4.14. The van der Waals surface area contributed by atoms with E-state index in [4.69, 9.17) is 5.73 Å². The third-order valence-corrected chi connectivity index (χ3v) is 3.07. The Hall–Kier alpha value is -0.830. The van der Waals surface area contributed by atoms with Crippen molar-refractivity contribution in [2.45, 2.75) is 51.1 Å². The molecule has 1 fully saturated rings. The first-order valence-electron chi connectivity index (χ1n) is 5.64. The second kappa shape index (κ2) is 4.60. The van der Waals surface area contributed by atoms with Crippen LogP contribution < -0.4 is 5.73 Å². The van der Waals surface area contributed by atoms with Crippen molar-refractivity contribution in [1.29, 1.82) is 0 Å². The third-order valence-electron chi connectivity index (χ3n) is 3.07. The van der Waals surface area contributed by atoms with E-state index in [0.29, 0.717) is 12.6 Å². The molecule has 0 saturated heterocycles. The summed E-state index contributed by atoms with van der Waals surface area (Å²) in [5.74, 6) is 0. The van der Waals surface area contributed by atoms with Gasteiger partial charge in [-0.05, 0) is 18.9 Å². The van der Waals surface area contributed by atoms with Gasteiger partial charge in [0.25, 0.3) is 0 Å². The van der Waals surface area contributed by atoms with Crippen LogP contribution in [0.5, 0.6) is 0 Å². The van der Waals surface area contributed by atoms with Crippen molar-refractivity contribution < 1.29 is 0 Å². The minimum Gasteiger partial charge on any atom is -0.325 e. The van der Waals surface area contributed by atoms with Gasteiger partial charge < -0.3 is 5.73 Å². The summed E-state index contributed by atoms with van der Waals surface area (Å²) in [6.45, 7) is 0.555. The fourth-order valence-electron chi connectivity index (χ4n) is 2.21. The SMILES string of the molecule is NCc1ccn(C2CCCCCC2)n1. The molecule has 2 rings (SSSR count). The molecule has 3 nitrogen and oxygen atoms in total. The highest BCUT2D eigenvalue weighted by atomic mass is 15.3. The molecule has 0 bridgehead atoms. The Balaban J connectivity index is 2.04. The van der Waals surface area contributed by atoms with E-state index in [9.17, 15) is 0 Å². The van der Waals surface area contributed by atoms with E-state index in [1.807, 2.05) is 6.07 Å². The predicted octanol–water partition coefficient (Wildman–Crippen LogP) is 2.24. The van der Waals surface area contributed by atoms with E-state index in [0.717, 1.165) is 5.69 Å². The van der Waals surface area contributed by atoms with E-state index < -0.39 is 0 Å².